The van der Waals surface area contributed by atoms with E-state index in [1.165, 1.54) is 17.8 Å². The van der Waals surface area contributed by atoms with E-state index in [0.717, 1.165) is 13.1 Å². The van der Waals surface area contributed by atoms with Crippen LogP contribution in [0.25, 0.3) is 0 Å². The number of amides is 7. The van der Waals surface area contributed by atoms with Crippen molar-refractivity contribution in [3.8, 4) is 0 Å². The Morgan fingerprint density at radius 3 is 2.40 bits per heavy atom. The van der Waals surface area contributed by atoms with Gasteiger partial charge in [-0.05, 0) is 68.5 Å². The van der Waals surface area contributed by atoms with Crippen molar-refractivity contribution in [3.63, 3.8) is 0 Å². The second-order valence-electron chi connectivity index (χ2n) is 12.8. The van der Waals surface area contributed by atoms with Gasteiger partial charge >= 0.3 is 0 Å². The molecule has 1 fully saturated rings. The summed E-state index contributed by atoms with van der Waals surface area (Å²) < 4.78 is 0. The van der Waals surface area contributed by atoms with Crippen molar-refractivity contribution >= 4 is 64.8 Å². The highest BCUT2D eigenvalue weighted by atomic mass is 32.2. The number of piperidine rings is 1. The summed E-state index contributed by atoms with van der Waals surface area (Å²) in [4.78, 5) is 95.0. The number of primary amides is 1. The largest absolute Gasteiger partial charge is 0.370 e. The molecule has 18 nitrogen and oxygen atoms in total. The molecule has 2 bridgehead atoms. The first-order valence-electron chi connectivity index (χ1n) is 17.3. The van der Waals surface area contributed by atoms with Crippen LogP contribution in [-0.2, 0) is 34.5 Å². The lowest BCUT2D eigenvalue weighted by molar-refractivity contribution is -0.132. The van der Waals surface area contributed by atoms with Crippen LogP contribution < -0.4 is 54.4 Å². The summed E-state index contributed by atoms with van der Waals surface area (Å²) in [5.41, 5.74) is 17.3. The summed E-state index contributed by atoms with van der Waals surface area (Å²) in [6.45, 7) is 4.48. The minimum absolute atomic E-state index is 0.0649. The van der Waals surface area contributed by atoms with Gasteiger partial charge in [-0.15, -0.1) is 0 Å². The van der Waals surface area contributed by atoms with Gasteiger partial charge in [-0.3, -0.25) is 38.6 Å². The normalized spacial score (nSPS) is 21.5. The third kappa shape index (κ3) is 13.7. The molecule has 19 heteroatoms. The fourth-order valence-electron chi connectivity index (χ4n) is 5.57. The Balaban J connectivity index is 1.90. The van der Waals surface area contributed by atoms with Crippen LogP contribution in [0.15, 0.2) is 23.2 Å². The summed E-state index contributed by atoms with van der Waals surface area (Å²) in [5.74, 6) is -4.48. The lowest BCUT2D eigenvalue weighted by atomic mass is 9.97. The average molecular weight is 746 g/mol. The number of nitrogens with one attached hydrogen (secondary N) is 7. The summed E-state index contributed by atoms with van der Waals surface area (Å²) in [6, 6.07) is 1.41. The summed E-state index contributed by atoms with van der Waals surface area (Å²) in [5, 5.41) is 19.1. The average Bonchev–Trinajstić information content (AvgIpc) is 3.11. The molecule has 13 N–H and O–H groups in total. The summed E-state index contributed by atoms with van der Waals surface area (Å²) >= 11 is 1.24. The number of hydrogen-bond acceptors (Lipinski definition) is 10. The van der Waals surface area contributed by atoms with Crippen molar-refractivity contribution in [2.45, 2.75) is 69.8 Å². The van der Waals surface area contributed by atoms with E-state index in [2.05, 4.69) is 42.2 Å². The molecular formula is C33H51N11O7S. The molecule has 286 valence electrons. The molecule has 1 aromatic rings. The van der Waals surface area contributed by atoms with Crippen LogP contribution in [0.2, 0.25) is 0 Å². The minimum Gasteiger partial charge on any atom is -0.370 e. The van der Waals surface area contributed by atoms with Crippen molar-refractivity contribution in [1.82, 2.24) is 31.9 Å². The molecule has 2 aliphatic heterocycles. The lowest BCUT2D eigenvalue weighted by Crippen LogP contribution is -2.56. The number of thioether (sulfide) groups is 1. The fourth-order valence-corrected chi connectivity index (χ4v) is 6.57. The number of hydrogen-bond donors (Lipinski definition) is 10. The van der Waals surface area contributed by atoms with E-state index in [0.29, 0.717) is 31.2 Å². The van der Waals surface area contributed by atoms with Gasteiger partial charge in [0.2, 0.25) is 35.4 Å². The number of guanidine groups is 1. The standard InChI is InChI=1S/C33H51N11O7S/c1-3-18(2)27-32(51)43-23(5-4-8-38-33(35)36)31(50)40-15-26(46)42-24(28(34)47)17-52-16-19-11-21(30(49)44-27)13-22(12-19)41-25(45)14-39-29(48)20-6-9-37-10-7-20/h11-13,18,20,23-24,27,37H,3-10,14-17H2,1-2H3,(H2,34,47)(H,39,48)(H,40,50)(H,41,45)(H,42,46)(H,43,51)(H,44,49)(H4,35,36,38)/t18-,23-,24-,27-/m0/s1. The van der Waals surface area contributed by atoms with Crippen LogP contribution in [-0.4, -0.2) is 104 Å². The molecule has 0 saturated carbocycles. The predicted octanol–water partition coefficient (Wildman–Crippen LogP) is -2.24. The van der Waals surface area contributed by atoms with Crippen LogP contribution in [0, 0.1) is 11.8 Å². The van der Waals surface area contributed by atoms with E-state index in [9.17, 15) is 33.6 Å². The third-order valence-corrected chi connectivity index (χ3v) is 9.79. The Morgan fingerprint density at radius 2 is 1.73 bits per heavy atom. The second-order valence-corrected chi connectivity index (χ2v) is 13.8. The Hall–Kier alpha value is -4.91. The van der Waals surface area contributed by atoms with E-state index in [1.54, 1.807) is 19.1 Å². The molecule has 0 radical (unpaired) electrons. The number of fused-ring (bicyclic) bond motifs is 2. The fraction of sp³-hybridized carbons (Fsp3) is 0.576. The maximum atomic E-state index is 13.8. The zero-order valence-electron chi connectivity index (χ0n) is 29.5. The SMILES string of the molecule is CC[C@H](C)[C@@H]1NC(=O)c2cc(cc(NC(=O)CNC(=O)C3CCNCC3)c2)CSC[C@@H](C(N)=O)NC(=O)CNC(=O)[C@H](CCCN=C(N)N)NC1=O. The van der Waals surface area contributed by atoms with Crippen LogP contribution >= 0.6 is 11.8 Å². The molecule has 3 rings (SSSR count). The molecule has 4 atom stereocenters. The van der Waals surface area contributed by atoms with Crippen molar-refractivity contribution in [2.75, 3.05) is 43.8 Å². The van der Waals surface area contributed by atoms with Crippen molar-refractivity contribution in [3.05, 3.63) is 29.3 Å². The zero-order valence-corrected chi connectivity index (χ0v) is 30.4. The molecule has 7 amide bonds. The molecule has 0 aliphatic carbocycles. The van der Waals surface area contributed by atoms with Gasteiger partial charge in [0.15, 0.2) is 5.96 Å². The van der Waals surface area contributed by atoms with Crippen molar-refractivity contribution in [2.24, 2.45) is 34.0 Å². The first-order valence-corrected chi connectivity index (χ1v) is 18.5. The minimum atomic E-state index is -1.13. The number of nitrogens with two attached hydrogens (primary N) is 3. The van der Waals surface area contributed by atoms with Gasteiger partial charge in [-0.25, -0.2) is 0 Å². The molecule has 0 spiro atoms. The topological polar surface area (TPSA) is 294 Å². The molecule has 1 saturated heterocycles. The van der Waals surface area contributed by atoms with E-state index in [4.69, 9.17) is 17.2 Å². The van der Waals surface area contributed by atoms with Crippen LogP contribution in [0.3, 0.4) is 0 Å². The van der Waals surface area contributed by atoms with Gasteiger partial charge in [-0.2, -0.15) is 11.8 Å². The maximum absolute atomic E-state index is 13.8. The Morgan fingerprint density at radius 1 is 1.00 bits per heavy atom. The van der Waals surface area contributed by atoms with Crippen molar-refractivity contribution in [1.29, 1.82) is 0 Å². The predicted molar refractivity (Wildman–Crippen MR) is 197 cm³/mol. The van der Waals surface area contributed by atoms with Gasteiger partial charge in [0.25, 0.3) is 5.91 Å². The first kappa shape index (κ1) is 41.5. The number of anilines is 1. The Bertz CT molecular complexity index is 1500. The van der Waals surface area contributed by atoms with Gasteiger partial charge in [0.1, 0.15) is 18.1 Å². The molecule has 0 aromatic heterocycles. The lowest BCUT2D eigenvalue weighted by Gasteiger charge is -2.27. The highest BCUT2D eigenvalue weighted by Gasteiger charge is 2.31. The molecule has 2 aliphatic rings. The van der Waals surface area contributed by atoms with E-state index >= 15 is 0 Å². The van der Waals surface area contributed by atoms with Gasteiger partial charge < -0.3 is 54.4 Å². The highest BCUT2D eigenvalue weighted by molar-refractivity contribution is 7.98. The second kappa shape index (κ2) is 20.8. The maximum Gasteiger partial charge on any atom is 0.252 e. The Labute approximate surface area is 306 Å². The molecule has 52 heavy (non-hydrogen) atoms. The number of benzene rings is 1. The summed E-state index contributed by atoms with van der Waals surface area (Å²) in [6.07, 6.45) is 2.25. The first-order chi connectivity index (χ1) is 24.8. The molecule has 0 unspecified atom stereocenters. The van der Waals surface area contributed by atoms with Crippen LogP contribution in [0.5, 0.6) is 0 Å². The van der Waals surface area contributed by atoms with Gasteiger partial charge in [0.05, 0.1) is 13.1 Å². The monoisotopic (exact) mass is 745 g/mol. The van der Waals surface area contributed by atoms with Crippen LogP contribution in [0.4, 0.5) is 5.69 Å². The number of rotatable bonds is 11. The van der Waals surface area contributed by atoms with E-state index < -0.39 is 60.1 Å². The number of nitrogens with zero attached hydrogens (tertiary/aromatic N) is 1. The third-order valence-electron chi connectivity index (χ3n) is 8.69. The van der Waals surface area contributed by atoms with E-state index in [1.807, 2.05) is 6.92 Å². The van der Waals surface area contributed by atoms with E-state index in [-0.39, 0.29) is 66.0 Å². The molecule has 1 aromatic carbocycles. The number of aliphatic imine (C=N–C) groups is 1. The zero-order chi connectivity index (χ0) is 38.2. The van der Waals surface area contributed by atoms with Crippen molar-refractivity contribution < 1.29 is 33.6 Å². The number of carbonyl (C=O) groups excluding carboxylic acids is 7. The molecule has 2 heterocycles. The smallest absolute Gasteiger partial charge is 0.252 e. The summed E-state index contributed by atoms with van der Waals surface area (Å²) in [7, 11) is 0. The highest BCUT2D eigenvalue weighted by Crippen LogP contribution is 2.22. The van der Waals surface area contributed by atoms with Gasteiger partial charge in [0, 0.05) is 35.2 Å². The number of carbonyl (C=O) groups is 7. The molecular weight excluding hydrogens is 694 g/mol. The Kier molecular flexibility index (Phi) is 16.6. The quantitative estimate of drug-likeness (QED) is 0.0656. The van der Waals surface area contributed by atoms with Crippen LogP contribution in [0.1, 0.15) is 61.9 Å². The van der Waals surface area contributed by atoms with Gasteiger partial charge in [-0.1, -0.05) is 20.3 Å².